The van der Waals surface area contributed by atoms with Crippen LogP contribution in [0.15, 0.2) is 30.3 Å². The Kier molecular flexibility index (Phi) is 3.50. The molecule has 0 aliphatic rings. The molecule has 19 heavy (non-hydrogen) atoms. The quantitative estimate of drug-likeness (QED) is 0.646. The lowest BCUT2D eigenvalue weighted by Gasteiger charge is -2.14. The zero-order chi connectivity index (χ0) is 14.0. The van der Waals surface area contributed by atoms with Gasteiger partial charge in [0.1, 0.15) is 23.2 Å². The van der Waals surface area contributed by atoms with Crippen LogP contribution in [-0.4, -0.2) is 29.7 Å². The summed E-state index contributed by atoms with van der Waals surface area (Å²) in [7, 11) is 3.72. The first kappa shape index (κ1) is 13.1. The van der Waals surface area contributed by atoms with Crippen LogP contribution >= 0.6 is 0 Å². The molecule has 0 bridgehead atoms. The Balaban J connectivity index is 2.39. The fraction of sp³-hybridized carbons (Fsp3) is 0.231. The lowest BCUT2D eigenvalue weighted by Crippen LogP contribution is -2.16. The van der Waals surface area contributed by atoms with Crippen LogP contribution in [-0.2, 0) is 6.54 Å². The Hall–Kier alpha value is -2.37. The van der Waals surface area contributed by atoms with Crippen molar-refractivity contribution in [3.8, 4) is 0 Å². The fourth-order valence-electron chi connectivity index (χ4n) is 1.80. The third-order valence-electron chi connectivity index (χ3n) is 2.77. The van der Waals surface area contributed by atoms with Gasteiger partial charge in [0, 0.05) is 25.7 Å². The van der Waals surface area contributed by atoms with Crippen LogP contribution in [0.2, 0.25) is 0 Å². The van der Waals surface area contributed by atoms with Crippen molar-refractivity contribution in [3.63, 3.8) is 0 Å². The molecule has 0 unspecified atom stereocenters. The van der Waals surface area contributed by atoms with Gasteiger partial charge >= 0.3 is 0 Å². The summed E-state index contributed by atoms with van der Waals surface area (Å²) in [5.41, 5.74) is 6.37. The molecule has 0 aliphatic carbocycles. The van der Waals surface area contributed by atoms with E-state index < -0.39 is 0 Å². The molecule has 0 amide bonds. The average Bonchev–Trinajstić information content (AvgIpc) is 2.76. The smallest absolute Gasteiger partial charge is 0.143 e. The van der Waals surface area contributed by atoms with E-state index in [0.29, 0.717) is 17.8 Å². The molecule has 100 valence electrons. The van der Waals surface area contributed by atoms with Crippen LogP contribution in [0.25, 0.3) is 0 Å². The molecule has 3 N–H and O–H groups in total. The summed E-state index contributed by atoms with van der Waals surface area (Å²) in [6.45, 7) is 0.299. The molecule has 1 aromatic heterocycles. The molecule has 0 fully saturated rings. The highest BCUT2D eigenvalue weighted by Crippen LogP contribution is 2.17. The zero-order valence-electron chi connectivity index (χ0n) is 10.9. The minimum absolute atomic E-state index is 0.101. The lowest BCUT2D eigenvalue weighted by molar-refractivity contribution is 0.584. The van der Waals surface area contributed by atoms with Crippen molar-refractivity contribution in [2.45, 2.75) is 6.54 Å². The number of nitrogens with zero attached hydrogens (tertiary/aromatic N) is 3. The summed E-state index contributed by atoms with van der Waals surface area (Å²) < 4.78 is 15.3. The molecule has 0 aliphatic heterocycles. The SMILES string of the molecule is CN(C)c1cc(C(=N)N)nn1Cc1ccccc1F. The van der Waals surface area contributed by atoms with E-state index in [1.54, 1.807) is 28.9 Å². The first-order valence-corrected chi connectivity index (χ1v) is 5.82. The Bertz CT molecular complexity index is 603. The van der Waals surface area contributed by atoms with Crippen LogP contribution in [0.5, 0.6) is 0 Å². The molecule has 5 nitrogen and oxygen atoms in total. The van der Waals surface area contributed by atoms with E-state index in [-0.39, 0.29) is 11.7 Å². The van der Waals surface area contributed by atoms with Crippen molar-refractivity contribution in [2.75, 3.05) is 19.0 Å². The summed E-state index contributed by atoms with van der Waals surface area (Å²) in [4.78, 5) is 1.85. The van der Waals surface area contributed by atoms with Crippen molar-refractivity contribution in [2.24, 2.45) is 5.73 Å². The molecule has 6 heteroatoms. The number of rotatable bonds is 4. The number of anilines is 1. The average molecular weight is 261 g/mol. The summed E-state index contributed by atoms with van der Waals surface area (Å²) in [6.07, 6.45) is 0. The monoisotopic (exact) mass is 261 g/mol. The number of nitrogen functional groups attached to an aromatic ring is 1. The fourth-order valence-corrected chi connectivity index (χ4v) is 1.80. The van der Waals surface area contributed by atoms with E-state index in [1.807, 2.05) is 19.0 Å². The van der Waals surface area contributed by atoms with Gasteiger partial charge in [0.05, 0.1) is 6.54 Å². The maximum absolute atomic E-state index is 13.7. The highest BCUT2D eigenvalue weighted by atomic mass is 19.1. The summed E-state index contributed by atoms with van der Waals surface area (Å²) in [5.74, 6) is 0.399. The van der Waals surface area contributed by atoms with Crippen LogP contribution in [0.1, 0.15) is 11.3 Å². The molecule has 1 aromatic carbocycles. The van der Waals surface area contributed by atoms with Gasteiger partial charge in [0.15, 0.2) is 0 Å². The lowest BCUT2D eigenvalue weighted by atomic mass is 10.2. The van der Waals surface area contributed by atoms with E-state index in [4.69, 9.17) is 11.1 Å². The topological polar surface area (TPSA) is 70.9 Å². The number of hydrogen-bond acceptors (Lipinski definition) is 3. The highest BCUT2D eigenvalue weighted by Gasteiger charge is 2.13. The molecule has 1 heterocycles. The molecule has 0 radical (unpaired) electrons. The first-order valence-electron chi connectivity index (χ1n) is 5.82. The van der Waals surface area contributed by atoms with Crippen molar-refractivity contribution >= 4 is 11.7 Å². The van der Waals surface area contributed by atoms with E-state index in [2.05, 4.69) is 5.10 Å². The molecule has 2 aromatic rings. The number of aromatic nitrogens is 2. The predicted octanol–water partition coefficient (Wildman–Crippen LogP) is 1.42. The van der Waals surface area contributed by atoms with Gasteiger partial charge in [-0.15, -0.1) is 0 Å². The minimum atomic E-state index is -0.271. The van der Waals surface area contributed by atoms with Crippen LogP contribution in [0, 0.1) is 11.2 Å². The Morgan fingerprint density at radius 2 is 2.11 bits per heavy atom. The molecule has 0 saturated carbocycles. The van der Waals surface area contributed by atoms with Gasteiger partial charge in [-0.2, -0.15) is 5.10 Å². The predicted molar refractivity (Wildman–Crippen MR) is 73.1 cm³/mol. The normalized spacial score (nSPS) is 10.5. The van der Waals surface area contributed by atoms with Gasteiger partial charge in [-0.25, -0.2) is 9.07 Å². The number of nitrogens with two attached hydrogens (primary N) is 1. The number of halogens is 1. The summed E-state index contributed by atoms with van der Waals surface area (Å²) in [5, 5.41) is 11.6. The second-order valence-corrected chi connectivity index (χ2v) is 4.44. The van der Waals surface area contributed by atoms with Crippen LogP contribution < -0.4 is 10.6 Å². The van der Waals surface area contributed by atoms with Gasteiger partial charge in [0.2, 0.25) is 0 Å². The van der Waals surface area contributed by atoms with E-state index in [1.165, 1.54) is 6.07 Å². The molecule has 0 spiro atoms. The molecule has 0 atom stereocenters. The van der Waals surface area contributed by atoms with Crippen molar-refractivity contribution in [1.29, 1.82) is 5.41 Å². The maximum atomic E-state index is 13.7. The maximum Gasteiger partial charge on any atom is 0.143 e. The highest BCUT2D eigenvalue weighted by molar-refractivity contribution is 5.93. The van der Waals surface area contributed by atoms with Crippen LogP contribution in [0.3, 0.4) is 0 Å². The van der Waals surface area contributed by atoms with Gasteiger partial charge in [0.25, 0.3) is 0 Å². The van der Waals surface area contributed by atoms with Crippen molar-refractivity contribution in [1.82, 2.24) is 9.78 Å². The van der Waals surface area contributed by atoms with E-state index in [9.17, 15) is 4.39 Å². The number of amidine groups is 1. The van der Waals surface area contributed by atoms with E-state index >= 15 is 0 Å². The first-order chi connectivity index (χ1) is 8.99. The molecule has 2 rings (SSSR count). The Morgan fingerprint density at radius 3 is 2.68 bits per heavy atom. The third-order valence-corrected chi connectivity index (χ3v) is 2.77. The zero-order valence-corrected chi connectivity index (χ0v) is 10.9. The van der Waals surface area contributed by atoms with Crippen molar-refractivity contribution in [3.05, 3.63) is 47.4 Å². The van der Waals surface area contributed by atoms with Gasteiger partial charge in [-0.3, -0.25) is 5.41 Å². The Labute approximate surface area is 111 Å². The minimum Gasteiger partial charge on any atom is -0.382 e. The summed E-state index contributed by atoms with van der Waals surface area (Å²) in [6, 6.07) is 8.27. The van der Waals surface area contributed by atoms with Crippen molar-refractivity contribution < 1.29 is 4.39 Å². The number of hydrogen-bond donors (Lipinski definition) is 2. The van der Waals surface area contributed by atoms with E-state index in [0.717, 1.165) is 5.82 Å². The summed E-state index contributed by atoms with van der Waals surface area (Å²) >= 11 is 0. The van der Waals surface area contributed by atoms with Gasteiger partial charge < -0.3 is 10.6 Å². The third kappa shape index (κ3) is 2.73. The van der Waals surface area contributed by atoms with Gasteiger partial charge in [-0.1, -0.05) is 18.2 Å². The molecular weight excluding hydrogens is 245 g/mol. The number of benzene rings is 1. The molecule has 0 saturated heterocycles. The standard InChI is InChI=1S/C13H16FN5/c1-18(2)12-7-11(13(15)16)17-19(12)8-9-5-3-4-6-10(9)14/h3-7H,8H2,1-2H3,(H3,15,16). The van der Waals surface area contributed by atoms with Crippen LogP contribution in [0.4, 0.5) is 10.2 Å². The molecular formula is C13H16FN5. The largest absolute Gasteiger partial charge is 0.382 e. The van der Waals surface area contributed by atoms with Gasteiger partial charge in [-0.05, 0) is 6.07 Å². The Morgan fingerprint density at radius 1 is 1.42 bits per heavy atom. The second-order valence-electron chi connectivity index (χ2n) is 4.44. The number of nitrogens with one attached hydrogen (secondary N) is 1. The second kappa shape index (κ2) is 5.09.